The first-order chi connectivity index (χ1) is 15.1. The zero-order valence-electron chi connectivity index (χ0n) is 16.9. The topological polar surface area (TPSA) is 81.9 Å². The van der Waals surface area contributed by atoms with Crippen LogP contribution in [0.1, 0.15) is 24.3 Å². The summed E-state index contributed by atoms with van der Waals surface area (Å²) in [6.45, 7) is 2.33. The van der Waals surface area contributed by atoms with Crippen LogP contribution < -0.4 is 10.1 Å². The fourth-order valence-electron chi connectivity index (χ4n) is 3.13. The van der Waals surface area contributed by atoms with Crippen LogP contribution in [-0.4, -0.2) is 27.9 Å². The van der Waals surface area contributed by atoms with Crippen molar-refractivity contribution in [2.45, 2.75) is 19.4 Å². The lowest BCUT2D eigenvalue weighted by molar-refractivity contribution is -0.154. The molecule has 2 heterocycles. The largest absolute Gasteiger partial charge is 0.492 e. The first-order valence-electron chi connectivity index (χ1n) is 9.82. The van der Waals surface area contributed by atoms with Gasteiger partial charge in [0.15, 0.2) is 4.96 Å². The Hall–Kier alpha value is -3.65. The number of carbonyl (C=O) groups excluding carboxylic acids is 2. The number of aromatic nitrogens is 2. The molecule has 8 heteroatoms. The van der Waals surface area contributed by atoms with Gasteiger partial charge in [-0.1, -0.05) is 42.5 Å². The molecule has 0 saturated carbocycles. The van der Waals surface area contributed by atoms with Crippen LogP contribution in [0.5, 0.6) is 5.75 Å². The second-order valence-corrected chi connectivity index (χ2v) is 7.57. The van der Waals surface area contributed by atoms with Gasteiger partial charge in [-0.25, -0.2) is 4.98 Å². The molecule has 0 bridgehead atoms. The Morgan fingerprint density at radius 2 is 1.90 bits per heavy atom. The van der Waals surface area contributed by atoms with E-state index >= 15 is 0 Å². The number of esters is 1. The zero-order valence-corrected chi connectivity index (χ0v) is 17.7. The lowest BCUT2D eigenvalue weighted by Crippen LogP contribution is -2.26. The Balaban J connectivity index is 1.52. The number of anilines is 1. The standard InChI is InChI=1S/C23H21N3O4S/c1-2-29-19-11-7-6-10-18(19)25-22(28)21(16-8-4-3-5-9-16)30-20(27)14-17-15-26-12-13-31-23(26)24-17/h3-13,15,21H,2,14H2,1H3,(H,25,28). The van der Waals surface area contributed by atoms with E-state index in [2.05, 4.69) is 10.3 Å². The average molecular weight is 436 g/mol. The molecule has 0 fully saturated rings. The molecule has 0 radical (unpaired) electrons. The molecule has 158 valence electrons. The third-order valence-electron chi connectivity index (χ3n) is 4.50. The molecule has 0 aliphatic heterocycles. The maximum Gasteiger partial charge on any atom is 0.313 e. The molecule has 1 atom stereocenters. The van der Waals surface area contributed by atoms with Crippen LogP contribution in [0.3, 0.4) is 0 Å². The van der Waals surface area contributed by atoms with Crippen LogP contribution >= 0.6 is 11.3 Å². The van der Waals surface area contributed by atoms with Gasteiger partial charge in [0, 0.05) is 23.3 Å². The Bertz CT molecular complexity index is 1160. The summed E-state index contributed by atoms with van der Waals surface area (Å²) in [5.74, 6) is -0.444. The van der Waals surface area contributed by atoms with Gasteiger partial charge in [-0.3, -0.25) is 14.0 Å². The highest BCUT2D eigenvalue weighted by Crippen LogP contribution is 2.27. The number of rotatable bonds is 8. The quantitative estimate of drug-likeness (QED) is 0.418. The zero-order chi connectivity index (χ0) is 21.6. The Labute approximate surface area is 183 Å². The maximum atomic E-state index is 13.1. The molecule has 0 spiro atoms. The van der Waals surface area contributed by atoms with E-state index in [1.165, 1.54) is 11.3 Å². The number of ether oxygens (including phenoxy) is 2. The van der Waals surface area contributed by atoms with Crippen LogP contribution in [0.4, 0.5) is 5.69 Å². The number of imidazole rings is 1. The van der Waals surface area contributed by atoms with E-state index in [-0.39, 0.29) is 6.42 Å². The van der Waals surface area contributed by atoms with E-state index in [9.17, 15) is 9.59 Å². The van der Waals surface area contributed by atoms with E-state index in [4.69, 9.17) is 9.47 Å². The number of carbonyl (C=O) groups is 2. The Morgan fingerprint density at radius 3 is 2.68 bits per heavy atom. The number of thiazole rings is 1. The number of fused-ring (bicyclic) bond motifs is 1. The van der Waals surface area contributed by atoms with Crippen molar-refractivity contribution in [2.24, 2.45) is 0 Å². The van der Waals surface area contributed by atoms with Gasteiger partial charge >= 0.3 is 5.97 Å². The molecule has 4 rings (SSSR count). The average Bonchev–Trinajstić information content (AvgIpc) is 3.36. The van der Waals surface area contributed by atoms with E-state index in [1.807, 2.05) is 35.0 Å². The number of hydrogen-bond donors (Lipinski definition) is 1. The SMILES string of the molecule is CCOc1ccccc1NC(=O)C(OC(=O)Cc1cn2ccsc2n1)c1ccccc1. The van der Waals surface area contributed by atoms with Crippen molar-refractivity contribution in [3.63, 3.8) is 0 Å². The summed E-state index contributed by atoms with van der Waals surface area (Å²) in [5.41, 5.74) is 1.68. The van der Waals surface area contributed by atoms with Gasteiger partial charge in [0.2, 0.25) is 6.10 Å². The van der Waals surface area contributed by atoms with Crippen LogP contribution in [0, 0.1) is 0 Å². The molecule has 0 aliphatic carbocycles. The number of para-hydroxylation sites is 2. The molecule has 2 aromatic heterocycles. The van der Waals surface area contributed by atoms with Crippen molar-refractivity contribution in [1.29, 1.82) is 0 Å². The molecule has 1 N–H and O–H groups in total. The van der Waals surface area contributed by atoms with Gasteiger partial charge in [0.05, 0.1) is 24.4 Å². The number of benzene rings is 2. The fraction of sp³-hybridized carbons (Fsp3) is 0.174. The number of nitrogens with one attached hydrogen (secondary N) is 1. The highest BCUT2D eigenvalue weighted by molar-refractivity contribution is 7.15. The van der Waals surface area contributed by atoms with Crippen LogP contribution in [0.15, 0.2) is 72.4 Å². The summed E-state index contributed by atoms with van der Waals surface area (Å²) in [4.78, 5) is 30.9. The highest BCUT2D eigenvalue weighted by atomic mass is 32.1. The molecule has 7 nitrogen and oxygen atoms in total. The summed E-state index contributed by atoms with van der Waals surface area (Å²) in [5, 5.41) is 4.74. The number of hydrogen-bond acceptors (Lipinski definition) is 6. The van der Waals surface area contributed by atoms with Gasteiger partial charge in [-0.2, -0.15) is 0 Å². The minimum absolute atomic E-state index is 0.0272. The van der Waals surface area contributed by atoms with Crippen LogP contribution in [0.2, 0.25) is 0 Å². The van der Waals surface area contributed by atoms with Gasteiger partial charge in [0.25, 0.3) is 5.91 Å². The molecular formula is C23H21N3O4S. The van der Waals surface area contributed by atoms with Gasteiger partial charge in [0.1, 0.15) is 5.75 Å². The van der Waals surface area contributed by atoms with Gasteiger partial charge < -0.3 is 14.8 Å². The molecule has 4 aromatic rings. The van der Waals surface area contributed by atoms with Crippen molar-refractivity contribution in [2.75, 3.05) is 11.9 Å². The Morgan fingerprint density at radius 1 is 1.13 bits per heavy atom. The van der Waals surface area contributed by atoms with E-state index in [0.29, 0.717) is 29.3 Å². The fourth-order valence-corrected chi connectivity index (χ4v) is 3.85. The minimum Gasteiger partial charge on any atom is -0.492 e. The lowest BCUT2D eigenvalue weighted by atomic mass is 10.1. The van der Waals surface area contributed by atoms with Crippen molar-refractivity contribution < 1.29 is 19.1 Å². The minimum atomic E-state index is -1.10. The predicted molar refractivity (Wildman–Crippen MR) is 118 cm³/mol. The van der Waals surface area contributed by atoms with Crippen LogP contribution in [0.25, 0.3) is 4.96 Å². The van der Waals surface area contributed by atoms with E-state index < -0.39 is 18.0 Å². The van der Waals surface area contributed by atoms with Gasteiger partial charge in [-0.15, -0.1) is 11.3 Å². The predicted octanol–water partition coefficient (Wildman–Crippen LogP) is 4.26. The first kappa shape index (κ1) is 20.6. The molecular weight excluding hydrogens is 414 g/mol. The number of nitrogens with zero attached hydrogens (tertiary/aromatic N) is 2. The van der Waals surface area contributed by atoms with Crippen molar-refractivity contribution in [3.8, 4) is 5.75 Å². The van der Waals surface area contributed by atoms with Crippen molar-refractivity contribution in [3.05, 3.63) is 83.6 Å². The van der Waals surface area contributed by atoms with E-state index in [0.717, 1.165) is 4.96 Å². The van der Waals surface area contributed by atoms with Crippen LogP contribution in [-0.2, 0) is 20.7 Å². The third-order valence-corrected chi connectivity index (χ3v) is 5.27. The molecule has 31 heavy (non-hydrogen) atoms. The first-order valence-corrected chi connectivity index (χ1v) is 10.7. The molecule has 0 aliphatic rings. The smallest absolute Gasteiger partial charge is 0.313 e. The Kier molecular flexibility index (Phi) is 6.28. The van der Waals surface area contributed by atoms with E-state index in [1.54, 1.807) is 48.7 Å². The molecule has 1 amide bonds. The summed E-state index contributed by atoms with van der Waals surface area (Å²) in [6, 6.07) is 16.1. The summed E-state index contributed by atoms with van der Waals surface area (Å²) in [7, 11) is 0. The monoisotopic (exact) mass is 435 g/mol. The molecule has 0 saturated heterocycles. The highest BCUT2D eigenvalue weighted by Gasteiger charge is 2.26. The molecule has 1 unspecified atom stereocenters. The third kappa shape index (κ3) is 4.92. The van der Waals surface area contributed by atoms with Crippen molar-refractivity contribution >= 4 is 33.9 Å². The van der Waals surface area contributed by atoms with Crippen molar-refractivity contribution in [1.82, 2.24) is 9.38 Å². The molecule has 2 aromatic carbocycles. The lowest BCUT2D eigenvalue weighted by Gasteiger charge is -2.19. The summed E-state index contributed by atoms with van der Waals surface area (Å²) < 4.78 is 13.0. The number of amides is 1. The maximum absolute atomic E-state index is 13.1. The second kappa shape index (κ2) is 9.44. The summed E-state index contributed by atoms with van der Waals surface area (Å²) >= 11 is 1.48. The second-order valence-electron chi connectivity index (χ2n) is 6.70. The van der Waals surface area contributed by atoms with Gasteiger partial charge in [-0.05, 0) is 19.1 Å². The normalized spacial score (nSPS) is 11.8. The summed E-state index contributed by atoms with van der Waals surface area (Å²) in [6.07, 6.45) is 2.52.